The van der Waals surface area contributed by atoms with Crippen LogP contribution in [0.2, 0.25) is 5.02 Å². The molecule has 1 rings (SSSR count). The highest BCUT2D eigenvalue weighted by molar-refractivity contribution is 6.31. The van der Waals surface area contributed by atoms with Gasteiger partial charge in [-0.1, -0.05) is 11.6 Å². The molecule has 0 atom stereocenters. The third-order valence-corrected chi connectivity index (χ3v) is 2.31. The SMILES string of the molecule is Nc1cc(Cl)ccc1C(=O)OCCCC(F)(F)F. The molecule has 0 heterocycles. The molecule has 0 fully saturated rings. The van der Waals surface area contributed by atoms with Crippen molar-refractivity contribution in [1.82, 2.24) is 0 Å². The molecule has 7 heteroatoms. The van der Waals surface area contributed by atoms with Crippen LogP contribution in [0.4, 0.5) is 18.9 Å². The number of nitrogen functional groups attached to an aromatic ring is 1. The Balaban J connectivity index is 2.46. The van der Waals surface area contributed by atoms with Gasteiger partial charge in [-0.25, -0.2) is 4.79 Å². The van der Waals surface area contributed by atoms with Gasteiger partial charge in [0.1, 0.15) is 0 Å². The van der Waals surface area contributed by atoms with Crippen LogP contribution >= 0.6 is 11.6 Å². The van der Waals surface area contributed by atoms with Gasteiger partial charge in [0.05, 0.1) is 12.2 Å². The minimum Gasteiger partial charge on any atom is -0.462 e. The number of anilines is 1. The average molecular weight is 282 g/mol. The standard InChI is InChI=1S/C11H11ClF3NO2/c12-7-2-3-8(9(16)6-7)10(17)18-5-1-4-11(13,14)15/h2-3,6H,1,4-5,16H2. The Bertz CT molecular complexity index is 435. The minimum atomic E-state index is -4.24. The number of carbonyl (C=O) groups excluding carboxylic acids is 1. The van der Waals surface area contributed by atoms with E-state index in [9.17, 15) is 18.0 Å². The summed E-state index contributed by atoms with van der Waals surface area (Å²) in [6, 6.07) is 4.18. The van der Waals surface area contributed by atoms with Crippen molar-refractivity contribution in [2.45, 2.75) is 19.0 Å². The van der Waals surface area contributed by atoms with Crippen molar-refractivity contribution >= 4 is 23.3 Å². The number of esters is 1. The van der Waals surface area contributed by atoms with Crippen molar-refractivity contribution in [2.24, 2.45) is 0 Å². The van der Waals surface area contributed by atoms with Gasteiger partial charge in [0.2, 0.25) is 0 Å². The zero-order valence-electron chi connectivity index (χ0n) is 9.26. The molecule has 0 aliphatic rings. The van der Waals surface area contributed by atoms with Gasteiger partial charge >= 0.3 is 12.1 Å². The quantitative estimate of drug-likeness (QED) is 0.523. The van der Waals surface area contributed by atoms with E-state index in [-0.39, 0.29) is 24.3 Å². The minimum absolute atomic E-state index is 0.0893. The summed E-state index contributed by atoms with van der Waals surface area (Å²) in [6.07, 6.45) is -5.51. The van der Waals surface area contributed by atoms with E-state index in [0.717, 1.165) is 0 Å². The molecule has 100 valence electrons. The molecule has 0 unspecified atom stereocenters. The second-order valence-corrected chi connectivity index (χ2v) is 4.02. The van der Waals surface area contributed by atoms with E-state index in [1.54, 1.807) is 0 Å². The van der Waals surface area contributed by atoms with E-state index >= 15 is 0 Å². The van der Waals surface area contributed by atoms with Crippen molar-refractivity contribution in [3.63, 3.8) is 0 Å². The van der Waals surface area contributed by atoms with Crippen molar-refractivity contribution < 1.29 is 22.7 Å². The first kappa shape index (κ1) is 14.6. The number of rotatable bonds is 4. The van der Waals surface area contributed by atoms with Gasteiger partial charge in [-0.3, -0.25) is 0 Å². The van der Waals surface area contributed by atoms with Crippen molar-refractivity contribution in [2.75, 3.05) is 12.3 Å². The number of benzene rings is 1. The highest BCUT2D eigenvalue weighted by atomic mass is 35.5. The van der Waals surface area contributed by atoms with Crippen LogP contribution in [0.5, 0.6) is 0 Å². The van der Waals surface area contributed by atoms with Gasteiger partial charge in [-0.2, -0.15) is 13.2 Å². The third-order valence-electron chi connectivity index (χ3n) is 2.07. The lowest BCUT2D eigenvalue weighted by Crippen LogP contribution is -2.12. The number of hydrogen-bond acceptors (Lipinski definition) is 3. The molecule has 0 bridgehead atoms. The summed E-state index contributed by atoms with van der Waals surface area (Å²) in [4.78, 5) is 11.5. The van der Waals surface area contributed by atoms with E-state index in [0.29, 0.717) is 5.02 Å². The van der Waals surface area contributed by atoms with Crippen LogP contribution < -0.4 is 5.73 Å². The average Bonchev–Trinajstić information content (AvgIpc) is 2.22. The Morgan fingerprint density at radius 3 is 2.61 bits per heavy atom. The summed E-state index contributed by atoms with van der Waals surface area (Å²) in [5.74, 6) is -0.758. The van der Waals surface area contributed by atoms with Crippen LogP contribution in [-0.4, -0.2) is 18.8 Å². The number of ether oxygens (including phenoxy) is 1. The Labute approximate surface area is 107 Å². The van der Waals surface area contributed by atoms with Crippen LogP contribution in [0, 0.1) is 0 Å². The summed E-state index contributed by atoms with van der Waals surface area (Å²) in [5.41, 5.74) is 5.75. The first-order valence-corrected chi connectivity index (χ1v) is 5.46. The van der Waals surface area contributed by atoms with Crippen LogP contribution in [0.15, 0.2) is 18.2 Å². The van der Waals surface area contributed by atoms with E-state index in [1.807, 2.05) is 0 Å². The lowest BCUT2D eigenvalue weighted by atomic mass is 10.2. The smallest absolute Gasteiger partial charge is 0.389 e. The monoisotopic (exact) mass is 281 g/mol. The predicted molar refractivity (Wildman–Crippen MR) is 61.4 cm³/mol. The Morgan fingerprint density at radius 1 is 1.39 bits per heavy atom. The Morgan fingerprint density at radius 2 is 2.06 bits per heavy atom. The first-order valence-electron chi connectivity index (χ1n) is 5.08. The van der Waals surface area contributed by atoms with Crippen LogP contribution in [0.25, 0.3) is 0 Å². The molecule has 0 aliphatic heterocycles. The summed E-state index contributed by atoms with van der Waals surface area (Å²) in [5, 5.41) is 0.362. The number of nitrogens with two attached hydrogens (primary N) is 1. The highest BCUT2D eigenvalue weighted by Gasteiger charge is 2.26. The number of carbonyl (C=O) groups is 1. The lowest BCUT2D eigenvalue weighted by molar-refractivity contribution is -0.137. The van der Waals surface area contributed by atoms with E-state index in [4.69, 9.17) is 17.3 Å². The Hall–Kier alpha value is -1.43. The number of alkyl halides is 3. The molecule has 0 saturated heterocycles. The van der Waals surface area contributed by atoms with Crippen molar-refractivity contribution in [3.05, 3.63) is 28.8 Å². The molecular formula is C11H11ClF3NO2. The molecule has 2 N–H and O–H groups in total. The molecule has 0 amide bonds. The van der Waals surface area contributed by atoms with Crippen LogP contribution in [-0.2, 0) is 4.74 Å². The first-order chi connectivity index (χ1) is 8.29. The second kappa shape index (κ2) is 5.95. The van der Waals surface area contributed by atoms with Gasteiger partial charge in [0, 0.05) is 17.1 Å². The molecule has 1 aromatic carbocycles. The van der Waals surface area contributed by atoms with Crippen molar-refractivity contribution in [1.29, 1.82) is 0 Å². The third kappa shape index (κ3) is 4.83. The fourth-order valence-corrected chi connectivity index (χ4v) is 1.42. The molecule has 0 aromatic heterocycles. The van der Waals surface area contributed by atoms with Crippen LogP contribution in [0.3, 0.4) is 0 Å². The predicted octanol–water partition coefficient (Wildman–Crippen LogP) is 3.42. The van der Waals surface area contributed by atoms with Crippen molar-refractivity contribution in [3.8, 4) is 0 Å². The molecular weight excluding hydrogens is 271 g/mol. The highest BCUT2D eigenvalue weighted by Crippen LogP contribution is 2.22. The van der Waals surface area contributed by atoms with Gasteiger partial charge in [0.25, 0.3) is 0 Å². The molecule has 0 aliphatic carbocycles. The second-order valence-electron chi connectivity index (χ2n) is 3.59. The maximum absolute atomic E-state index is 11.8. The summed E-state index contributed by atoms with van der Waals surface area (Å²) < 4.78 is 40.2. The molecule has 0 saturated carbocycles. The fourth-order valence-electron chi connectivity index (χ4n) is 1.23. The normalized spacial score (nSPS) is 11.3. The zero-order valence-corrected chi connectivity index (χ0v) is 10.0. The fraction of sp³-hybridized carbons (Fsp3) is 0.364. The number of halogens is 4. The zero-order chi connectivity index (χ0) is 13.8. The molecule has 0 radical (unpaired) electrons. The number of hydrogen-bond donors (Lipinski definition) is 1. The maximum Gasteiger partial charge on any atom is 0.389 e. The summed E-state index contributed by atoms with van der Waals surface area (Å²) in [6.45, 7) is -0.305. The summed E-state index contributed by atoms with van der Waals surface area (Å²) in [7, 11) is 0. The molecule has 18 heavy (non-hydrogen) atoms. The summed E-state index contributed by atoms with van der Waals surface area (Å²) >= 11 is 5.64. The van der Waals surface area contributed by atoms with Gasteiger partial charge in [-0.05, 0) is 24.6 Å². The molecule has 3 nitrogen and oxygen atoms in total. The largest absolute Gasteiger partial charge is 0.462 e. The topological polar surface area (TPSA) is 52.3 Å². The van der Waals surface area contributed by atoms with E-state index < -0.39 is 18.6 Å². The Kier molecular flexibility index (Phi) is 4.84. The van der Waals surface area contributed by atoms with Crippen LogP contribution in [0.1, 0.15) is 23.2 Å². The maximum atomic E-state index is 11.8. The van der Waals surface area contributed by atoms with Gasteiger partial charge in [-0.15, -0.1) is 0 Å². The van der Waals surface area contributed by atoms with Gasteiger partial charge < -0.3 is 10.5 Å². The molecule has 1 aromatic rings. The van der Waals surface area contributed by atoms with Gasteiger partial charge in [0.15, 0.2) is 0 Å². The molecule has 0 spiro atoms. The van der Waals surface area contributed by atoms with E-state index in [2.05, 4.69) is 4.74 Å². The lowest BCUT2D eigenvalue weighted by Gasteiger charge is -2.08. The van der Waals surface area contributed by atoms with E-state index in [1.165, 1.54) is 18.2 Å².